The van der Waals surface area contributed by atoms with Crippen LogP contribution < -0.4 is 4.74 Å². The van der Waals surface area contributed by atoms with Gasteiger partial charge in [-0.25, -0.2) is 0 Å². The summed E-state index contributed by atoms with van der Waals surface area (Å²) < 4.78 is 5.81. The number of amides is 1. The van der Waals surface area contributed by atoms with Crippen LogP contribution in [-0.4, -0.2) is 23.9 Å². The number of hydrogen-bond acceptors (Lipinski definition) is 3. The Bertz CT molecular complexity index is 672. The van der Waals surface area contributed by atoms with Crippen molar-refractivity contribution < 1.29 is 9.53 Å². The molecule has 1 aromatic carbocycles. The van der Waals surface area contributed by atoms with Gasteiger partial charge >= 0.3 is 0 Å². The van der Waals surface area contributed by atoms with E-state index in [2.05, 4.69) is 6.92 Å². The fourth-order valence-electron chi connectivity index (χ4n) is 2.80. The van der Waals surface area contributed by atoms with Crippen LogP contribution in [0.15, 0.2) is 35.7 Å². The first-order valence-electron chi connectivity index (χ1n) is 8.18. The number of piperidine rings is 1. The average molecular weight is 329 g/mol. The van der Waals surface area contributed by atoms with E-state index in [4.69, 9.17) is 4.74 Å². The van der Waals surface area contributed by atoms with Gasteiger partial charge in [-0.05, 0) is 54.8 Å². The molecule has 122 valence electrons. The summed E-state index contributed by atoms with van der Waals surface area (Å²) in [4.78, 5) is 15.3. The van der Waals surface area contributed by atoms with Gasteiger partial charge in [-0.2, -0.15) is 0 Å². The summed E-state index contributed by atoms with van der Waals surface area (Å²) in [6.07, 6.45) is 2.22. The molecule has 1 saturated heterocycles. The second-order valence-corrected chi connectivity index (χ2v) is 7.31. The molecule has 1 aliphatic heterocycles. The molecular formula is C19H23NO2S. The lowest BCUT2D eigenvalue weighted by Gasteiger charge is -2.29. The van der Waals surface area contributed by atoms with Crippen molar-refractivity contribution in [2.24, 2.45) is 5.92 Å². The van der Waals surface area contributed by atoms with Crippen LogP contribution in [0.4, 0.5) is 0 Å². The van der Waals surface area contributed by atoms with Crippen molar-refractivity contribution in [2.75, 3.05) is 13.1 Å². The Kier molecular flexibility index (Phi) is 5.01. The number of carbonyl (C=O) groups is 1. The SMILES string of the molecule is Cc1cccc(OCc2csc(C(=O)N3CCC(C)CC3)c2)c1. The van der Waals surface area contributed by atoms with Crippen LogP contribution in [0.2, 0.25) is 0 Å². The van der Waals surface area contributed by atoms with Gasteiger partial charge in [-0.1, -0.05) is 19.1 Å². The highest BCUT2D eigenvalue weighted by atomic mass is 32.1. The third kappa shape index (κ3) is 4.14. The highest BCUT2D eigenvalue weighted by molar-refractivity contribution is 7.12. The number of likely N-dealkylation sites (tertiary alicyclic amines) is 1. The minimum absolute atomic E-state index is 0.170. The number of benzene rings is 1. The van der Waals surface area contributed by atoms with Gasteiger partial charge in [0.2, 0.25) is 0 Å². The molecule has 23 heavy (non-hydrogen) atoms. The predicted octanol–water partition coefficient (Wildman–Crippen LogP) is 4.51. The Morgan fingerprint density at radius 2 is 2.09 bits per heavy atom. The van der Waals surface area contributed by atoms with E-state index in [-0.39, 0.29) is 5.91 Å². The Morgan fingerprint density at radius 1 is 1.30 bits per heavy atom. The van der Waals surface area contributed by atoms with Crippen LogP contribution >= 0.6 is 11.3 Å². The summed E-state index contributed by atoms with van der Waals surface area (Å²) in [5.41, 5.74) is 2.24. The van der Waals surface area contributed by atoms with Crippen LogP contribution in [0.3, 0.4) is 0 Å². The smallest absolute Gasteiger partial charge is 0.263 e. The van der Waals surface area contributed by atoms with E-state index in [1.54, 1.807) is 0 Å². The van der Waals surface area contributed by atoms with E-state index in [1.807, 2.05) is 47.5 Å². The van der Waals surface area contributed by atoms with Crippen LogP contribution in [0.25, 0.3) is 0 Å². The highest BCUT2D eigenvalue weighted by Crippen LogP contribution is 2.23. The second-order valence-electron chi connectivity index (χ2n) is 6.40. The van der Waals surface area contributed by atoms with Gasteiger partial charge in [-0.3, -0.25) is 4.79 Å². The summed E-state index contributed by atoms with van der Waals surface area (Å²) in [5, 5.41) is 2.02. The normalized spacial score (nSPS) is 15.7. The molecule has 0 radical (unpaired) electrons. The molecule has 0 aliphatic carbocycles. The fraction of sp³-hybridized carbons (Fsp3) is 0.421. The van der Waals surface area contributed by atoms with Gasteiger partial charge in [0.1, 0.15) is 12.4 Å². The van der Waals surface area contributed by atoms with Gasteiger partial charge < -0.3 is 9.64 Å². The first kappa shape index (κ1) is 16.1. The van der Waals surface area contributed by atoms with Crippen LogP contribution in [0.1, 0.15) is 40.6 Å². The molecule has 1 amide bonds. The van der Waals surface area contributed by atoms with Crippen molar-refractivity contribution in [1.82, 2.24) is 4.90 Å². The molecule has 4 heteroatoms. The fourth-order valence-corrected chi connectivity index (χ4v) is 3.67. The number of hydrogen-bond donors (Lipinski definition) is 0. The van der Waals surface area contributed by atoms with Crippen molar-refractivity contribution in [3.05, 3.63) is 51.7 Å². The second kappa shape index (κ2) is 7.18. The van der Waals surface area contributed by atoms with Crippen molar-refractivity contribution >= 4 is 17.2 Å². The molecule has 0 bridgehead atoms. The summed E-state index contributed by atoms with van der Waals surface area (Å²) in [7, 11) is 0. The topological polar surface area (TPSA) is 29.5 Å². The van der Waals surface area contributed by atoms with Crippen LogP contribution in [-0.2, 0) is 6.61 Å². The monoisotopic (exact) mass is 329 g/mol. The third-order valence-electron chi connectivity index (χ3n) is 4.33. The Hall–Kier alpha value is -1.81. The Morgan fingerprint density at radius 3 is 2.83 bits per heavy atom. The van der Waals surface area contributed by atoms with Crippen molar-refractivity contribution in [3.63, 3.8) is 0 Å². The van der Waals surface area contributed by atoms with Gasteiger partial charge in [0.25, 0.3) is 5.91 Å². The maximum Gasteiger partial charge on any atom is 0.263 e. The highest BCUT2D eigenvalue weighted by Gasteiger charge is 2.22. The zero-order chi connectivity index (χ0) is 16.2. The lowest BCUT2D eigenvalue weighted by Crippen LogP contribution is -2.37. The number of ether oxygens (including phenoxy) is 1. The van der Waals surface area contributed by atoms with E-state index in [0.29, 0.717) is 6.61 Å². The molecule has 3 nitrogen and oxygen atoms in total. The Balaban J connectivity index is 1.58. The minimum Gasteiger partial charge on any atom is -0.489 e. The largest absolute Gasteiger partial charge is 0.489 e. The molecule has 0 spiro atoms. The van der Waals surface area contributed by atoms with Gasteiger partial charge in [-0.15, -0.1) is 11.3 Å². The van der Waals surface area contributed by atoms with Gasteiger partial charge in [0.15, 0.2) is 0 Å². The molecule has 2 heterocycles. The number of rotatable bonds is 4. The third-order valence-corrected chi connectivity index (χ3v) is 5.30. The van der Waals surface area contributed by atoms with Gasteiger partial charge in [0, 0.05) is 18.7 Å². The number of carbonyl (C=O) groups excluding carboxylic acids is 1. The molecule has 0 saturated carbocycles. The molecular weight excluding hydrogens is 306 g/mol. The molecule has 1 fully saturated rings. The van der Waals surface area contributed by atoms with Crippen LogP contribution in [0, 0.1) is 12.8 Å². The average Bonchev–Trinajstić information content (AvgIpc) is 3.02. The van der Waals surface area contributed by atoms with E-state index in [0.717, 1.165) is 48.0 Å². The Labute approximate surface area is 141 Å². The quantitative estimate of drug-likeness (QED) is 0.826. The van der Waals surface area contributed by atoms with E-state index < -0.39 is 0 Å². The number of nitrogens with zero attached hydrogens (tertiary/aromatic N) is 1. The molecule has 1 aliphatic rings. The van der Waals surface area contributed by atoms with E-state index in [1.165, 1.54) is 16.9 Å². The van der Waals surface area contributed by atoms with Crippen molar-refractivity contribution in [3.8, 4) is 5.75 Å². The van der Waals surface area contributed by atoms with E-state index in [9.17, 15) is 4.79 Å². The summed E-state index contributed by atoms with van der Waals surface area (Å²) in [5.74, 6) is 1.78. The maximum atomic E-state index is 12.5. The summed E-state index contributed by atoms with van der Waals surface area (Å²) in [6, 6.07) is 9.99. The zero-order valence-corrected chi connectivity index (χ0v) is 14.6. The van der Waals surface area contributed by atoms with Crippen molar-refractivity contribution in [2.45, 2.75) is 33.3 Å². The molecule has 3 rings (SSSR count). The first-order valence-corrected chi connectivity index (χ1v) is 9.06. The maximum absolute atomic E-state index is 12.5. The number of aryl methyl sites for hydroxylation is 1. The lowest BCUT2D eigenvalue weighted by molar-refractivity contribution is 0.0702. The van der Waals surface area contributed by atoms with Gasteiger partial charge in [0.05, 0.1) is 4.88 Å². The lowest BCUT2D eigenvalue weighted by atomic mass is 9.99. The zero-order valence-electron chi connectivity index (χ0n) is 13.7. The number of thiophene rings is 1. The van der Waals surface area contributed by atoms with E-state index >= 15 is 0 Å². The van der Waals surface area contributed by atoms with Crippen LogP contribution in [0.5, 0.6) is 5.75 Å². The molecule has 2 aromatic rings. The standard InChI is InChI=1S/C19H23NO2S/c1-14-6-8-20(9-7-14)19(21)18-11-16(13-23-18)12-22-17-5-3-4-15(2)10-17/h3-5,10-11,13-14H,6-9,12H2,1-2H3. The predicted molar refractivity (Wildman–Crippen MR) is 94.1 cm³/mol. The minimum atomic E-state index is 0.170. The van der Waals surface area contributed by atoms with Crippen molar-refractivity contribution in [1.29, 1.82) is 0 Å². The molecule has 0 unspecified atom stereocenters. The summed E-state index contributed by atoms with van der Waals surface area (Å²) in [6.45, 7) is 6.58. The first-order chi connectivity index (χ1) is 11.1. The molecule has 1 aromatic heterocycles. The molecule has 0 atom stereocenters. The molecule has 0 N–H and O–H groups in total. The summed E-state index contributed by atoms with van der Waals surface area (Å²) >= 11 is 1.52.